The number of nitrogens with zero attached hydrogens (tertiary/aromatic N) is 1. The Hall–Kier alpha value is -2.41. The van der Waals surface area contributed by atoms with Crippen molar-refractivity contribution in [3.63, 3.8) is 0 Å². The van der Waals surface area contributed by atoms with Gasteiger partial charge in [-0.1, -0.05) is 23.4 Å². The summed E-state index contributed by atoms with van der Waals surface area (Å²) in [6, 6.07) is 6.24. The second-order valence-corrected chi connectivity index (χ2v) is 3.12. The Morgan fingerprint density at radius 2 is 1.94 bits per heavy atom. The van der Waals surface area contributed by atoms with Gasteiger partial charge in [0.25, 0.3) is 5.91 Å². The van der Waals surface area contributed by atoms with E-state index < -0.39 is 11.6 Å². The molecule has 1 rings (SSSR count). The van der Waals surface area contributed by atoms with E-state index in [4.69, 9.17) is 10.4 Å². The lowest BCUT2D eigenvalue weighted by atomic mass is 10.1. The maximum Gasteiger partial charge on any atom is 0.297 e. The Kier molecular flexibility index (Phi) is 4.18. The summed E-state index contributed by atoms with van der Waals surface area (Å²) in [4.78, 5) is 22.2. The zero-order valence-electron chi connectivity index (χ0n) is 8.97. The number of oxime groups is 1. The fraction of sp³-hybridized carbons (Fsp3) is 0.100. The van der Waals surface area contributed by atoms with E-state index in [0.717, 1.165) is 0 Å². The van der Waals surface area contributed by atoms with Crippen molar-refractivity contribution in [2.24, 2.45) is 5.16 Å². The highest BCUT2D eigenvalue weighted by Crippen LogP contribution is 2.16. The lowest BCUT2D eigenvalue weighted by molar-refractivity contribution is -0.122. The molecule has 0 unspecified atom stereocenters. The highest BCUT2D eigenvalue weighted by atomic mass is 16.5. The van der Waals surface area contributed by atoms with Crippen molar-refractivity contribution in [1.29, 1.82) is 0 Å². The van der Waals surface area contributed by atoms with Crippen molar-refractivity contribution >= 4 is 23.2 Å². The molecule has 0 aromatic heterocycles. The number of hydrogen-bond donors (Lipinski definition) is 4. The van der Waals surface area contributed by atoms with Crippen molar-refractivity contribution in [2.75, 3.05) is 5.32 Å². The van der Waals surface area contributed by atoms with Crippen LogP contribution >= 0.6 is 0 Å². The molecule has 1 aromatic rings. The van der Waals surface area contributed by atoms with Crippen LogP contribution < -0.4 is 10.8 Å². The average Bonchev–Trinajstić information content (AvgIpc) is 2.31. The smallest absolute Gasteiger partial charge is 0.297 e. The van der Waals surface area contributed by atoms with Gasteiger partial charge < -0.3 is 10.5 Å². The van der Waals surface area contributed by atoms with Gasteiger partial charge in [0.05, 0.1) is 5.69 Å². The van der Waals surface area contributed by atoms with Gasteiger partial charge in [-0.3, -0.25) is 14.8 Å². The molecule has 0 spiro atoms. The first-order valence-electron chi connectivity index (χ1n) is 4.63. The van der Waals surface area contributed by atoms with Gasteiger partial charge in [0.1, 0.15) is 0 Å². The van der Waals surface area contributed by atoms with E-state index in [9.17, 15) is 9.59 Å². The van der Waals surface area contributed by atoms with Crippen molar-refractivity contribution in [3.05, 3.63) is 29.8 Å². The minimum atomic E-state index is -0.981. The van der Waals surface area contributed by atoms with E-state index in [2.05, 4.69) is 10.5 Å². The zero-order chi connectivity index (χ0) is 12.8. The number of hydroxylamine groups is 1. The van der Waals surface area contributed by atoms with Gasteiger partial charge in [-0.15, -0.1) is 0 Å². The van der Waals surface area contributed by atoms with Crippen LogP contribution in [0, 0.1) is 0 Å². The van der Waals surface area contributed by atoms with E-state index in [1.807, 2.05) is 0 Å². The Labute approximate surface area is 96.7 Å². The largest absolute Gasteiger partial charge is 0.410 e. The fourth-order valence-corrected chi connectivity index (χ4v) is 1.26. The molecule has 2 amide bonds. The van der Waals surface area contributed by atoms with E-state index in [0.29, 0.717) is 5.69 Å². The number of amides is 2. The van der Waals surface area contributed by atoms with Gasteiger partial charge in [0.15, 0.2) is 5.71 Å². The van der Waals surface area contributed by atoms with Crippen LogP contribution in [0.3, 0.4) is 0 Å². The number of rotatable bonds is 3. The molecule has 0 aliphatic heterocycles. The quantitative estimate of drug-likeness (QED) is 0.262. The number of carbonyl (C=O) groups excluding carboxylic acids is 2. The maximum absolute atomic E-state index is 11.2. The summed E-state index contributed by atoms with van der Waals surface area (Å²) in [5, 5.41) is 22.5. The van der Waals surface area contributed by atoms with E-state index in [-0.39, 0.29) is 11.5 Å². The number of anilines is 1. The topological polar surface area (TPSA) is 111 Å². The lowest BCUT2D eigenvalue weighted by Gasteiger charge is -2.09. The van der Waals surface area contributed by atoms with E-state index in [1.54, 1.807) is 12.1 Å². The number of para-hydroxylation sites is 1. The highest BCUT2D eigenvalue weighted by Gasteiger charge is 2.17. The van der Waals surface area contributed by atoms with Crippen LogP contribution in [-0.2, 0) is 9.59 Å². The predicted octanol–water partition coefficient (Wildman–Crippen LogP) is 0.329. The second-order valence-electron chi connectivity index (χ2n) is 3.12. The normalized spacial score (nSPS) is 10.8. The molecule has 7 heteroatoms. The summed E-state index contributed by atoms with van der Waals surface area (Å²) in [7, 11) is 0. The molecule has 4 N–H and O–H groups in total. The van der Waals surface area contributed by atoms with Crippen LogP contribution in [0.5, 0.6) is 0 Å². The predicted molar refractivity (Wildman–Crippen MR) is 59.0 cm³/mol. The highest BCUT2D eigenvalue weighted by molar-refractivity contribution is 6.46. The molecule has 0 aliphatic carbocycles. The summed E-state index contributed by atoms with van der Waals surface area (Å²) >= 11 is 0. The average molecular weight is 237 g/mol. The summed E-state index contributed by atoms with van der Waals surface area (Å²) in [5.74, 6) is -1.32. The molecule has 1 aromatic carbocycles. The molecule has 17 heavy (non-hydrogen) atoms. The number of nitrogens with one attached hydrogen (secondary N) is 2. The minimum absolute atomic E-state index is 0.191. The molecule has 0 fully saturated rings. The maximum atomic E-state index is 11.2. The third-order valence-electron chi connectivity index (χ3n) is 1.91. The number of benzene rings is 1. The lowest BCUT2D eigenvalue weighted by Crippen LogP contribution is -2.29. The molecule has 90 valence electrons. The van der Waals surface area contributed by atoms with Gasteiger partial charge in [0.2, 0.25) is 5.91 Å². The second kappa shape index (κ2) is 5.61. The molecule has 0 saturated heterocycles. The summed E-state index contributed by atoms with van der Waals surface area (Å²) in [6.07, 6.45) is 0. The number of hydrogen-bond acceptors (Lipinski definition) is 5. The molecule has 0 aliphatic rings. The van der Waals surface area contributed by atoms with Gasteiger partial charge in [-0.05, 0) is 6.07 Å². The molecule has 7 nitrogen and oxygen atoms in total. The Balaban J connectivity index is 3.20. The molecule has 0 heterocycles. The van der Waals surface area contributed by atoms with Crippen LogP contribution in [0.25, 0.3) is 0 Å². The summed E-state index contributed by atoms with van der Waals surface area (Å²) in [5.41, 5.74) is 1.44. The van der Waals surface area contributed by atoms with Crippen LogP contribution in [0.2, 0.25) is 0 Å². The Bertz CT molecular complexity index is 470. The molecule has 0 bridgehead atoms. The van der Waals surface area contributed by atoms with Crippen LogP contribution in [0.1, 0.15) is 12.5 Å². The van der Waals surface area contributed by atoms with Crippen LogP contribution in [-0.4, -0.2) is 27.9 Å². The third-order valence-corrected chi connectivity index (χ3v) is 1.91. The van der Waals surface area contributed by atoms with Gasteiger partial charge in [-0.25, -0.2) is 5.48 Å². The Morgan fingerprint density at radius 3 is 2.47 bits per heavy atom. The molecular weight excluding hydrogens is 226 g/mol. The van der Waals surface area contributed by atoms with Crippen LogP contribution in [0.4, 0.5) is 5.69 Å². The van der Waals surface area contributed by atoms with Gasteiger partial charge in [-0.2, -0.15) is 0 Å². The first-order valence-corrected chi connectivity index (χ1v) is 4.63. The zero-order valence-corrected chi connectivity index (χ0v) is 8.97. The summed E-state index contributed by atoms with van der Waals surface area (Å²) in [6.45, 7) is 1.30. The van der Waals surface area contributed by atoms with E-state index in [1.165, 1.54) is 24.5 Å². The van der Waals surface area contributed by atoms with E-state index >= 15 is 0 Å². The summed E-state index contributed by atoms with van der Waals surface area (Å²) < 4.78 is 0. The van der Waals surface area contributed by atoms with Crippen molar-refractivity contribution in [2.45, 2.75) is 6.92 Å². The molecule has 0 atom stereocenters. The van der Waals surface area contributed by atoms with Gasteiger partial charge in [0, 0.05) is 12.5 Å². The standard InChI is InChI=1S/C10H11N3O4/c1-6(14)11-8-5-3-2-4-7(8)9(12-16)10(15)13-17/h2-5,16-17H,1H3,(H,11,14)(H,13,15)/b12-9-. The first kappa shape index (κ1) is 12.7. The van der Waals surface area contributed by atoms with Crippen molar-refractivity contribution in [3.8, 4) is 0 Å². The molecule has 0 saturated carbocycles. The first-order chi connectivity index (χ1) is 8.10. The Morgan fingerprint density at radius 1 is 1.29 bits per heavy atom. The third kappa shape index (κ3) is 3.02. The number of carbonyl (C=O) groups is 2. The monoisotopic (exact) mass is 237 g/mol. The van der Waals surface area contributed by atoms with Crippen molar-refractivity contribution < 1.29 is 20.0 Å². The van der Waals surface area contributed by atoms with Crippen molar-refractivity contribution in [1.82, 2.24) is 5.48 Å². The SMILES string of the molecule is CC(=O)Nc1ccccc1/C(=N/O)C(=O)NO. The molecule has 0 radical (unpaired) electrons. The van der Waals surface area contributed by atoms with Crippen LogP contribution in [0.15, 0.2) is 29.4 Å². The van der Waals surface area contributed by atoms with Gasteiger partial charge >= 0.3 is 0 Å². The molecular formula is C10H11N3O4. The fourth-order valence-electron chi connectivity index (χ4n) is 1.26. The minimum Gasteiger partial charge on any atom is -0.410 e.